The van der Waals surface area contributed by atoms with Crippen LogP contribution in [0.4, 0.5) is 0 Å². The van der Waals surface area contributed by atoms with E-state index in [0.717, 1.165) is 4.47 Å². The largest absolute Gasteiger partial charge is 0.287 e. The van der Waals surface area contributed by atoms with Crippen molar-refractivity contribution in [3.8, 4) is 0 Å². The van der Waals surface area contributed by atoms with Crippen LogP contribution in [0.1, 0.15) is 16.1 Å². The Bertz CT molecular complexity index is 482. The third-order valence-electron chi connectivity index (χ3n) is 2.02. The molecule has 1 aromatic carbocycles. The fourth-order valence-corrected chi connectivity index (χ4v) is 1.75. The van der Waals surface area contributed by atoms with E-state index in [4.69, 9.17) is 0 Å². The average molecular weight is 262 g/mol. The topological polar surface area (TPSA) is 30.0 Å². The van der Waals surface area contributed by atoms with Crippen LogP contribution in [-0.2, 0) is 0 Å². The first kappa shape index (κ1) is 10.1. The van der Waals surface area contributed by atoms with Crippen LogP contribution in [0, 0.1) is 0 Å². The zero-order valence-electron chi connectivity index (χ0n) is 7.85. The third kappa shape index (κ3) is 2.13. The SMILES string of the molecule is O=C(c1ccccn1)c1ccccc1Br. The maximum atomic E-state index is 12.0. The van der Waals surface area contributed by atoms with Gasteiger partial charge in [0.1, 0.15) is 5.69 Å². The molecule has 0 aliphatic heterocycles. The van der Waals surface area contributed by atoms with Gasteiger partial charge in [-0.15, -0.1) is 0 Å². The van der Waals surface area contributed by atoms with E-state index < -0.39 is 0 Å². The van der Waals surface area contributed by atoms with Gasteiger partial charge in [0, 0.05) is 16.2 Å². The number of ketones is 1. The highest BCUT2D eigenvalue weighted by Gasteiger charge is 2.12. The second-order valence-corrected chi connectivity index (χ2v) is 3.88. The normalized spacial score (nSPS) is 9.93. The molecule has 0 aliphatic rings. The maximum absolute atomic E-state index is 12.0. The van der Waals surface area contributed by atoms with Crippen molar-refractivity contribution in [1.29, 1.82) is 0 Å². The molecule has 2 rings (SSSR count). The Balaban J connectivity index is 2.42. The van der Waals surface area contributed by atoms with Crippen molar-refractivity contribution < 1.29 is 4.79 Å². The van der Waals surface area contributed by atoms with Gasteiger partial charge in [-0.25, -0.2) is 0 Å². The van der Waals surface area contributed by atoms with Crippen LogP contribution in [0.5, 0.6) is 0 Å². The molecule has 3 heteroatoms. The molecule has 0 spiro atoms. The highest BCUT2D eigenvalue weighted by Crippen LogP contribution is 2.18. The standard InChI is InChI=1S/C12H8BrNO/c13-10-6-2-1-5-9(10)12(15)11-7-3-4-8-14-11/h1-8H. The van der Waals surface area contributed by atoms with Gasteiger partial charge >= 0.3 is 0 Å². The van der Waals surface area contributed by atoms with Crippen LogP contribution in [0.15, 0.2) is 53.1 Å². The van der Waals surface area contributed by atoms with Crippen LogP contribution in [0.25, 0.3) is 0 Å². The monoisotopic (exact) mass is 261 g/mol. The molecule has 0 N–H and O–H groups in total. The first-order valence-corrected chi connectivity index (χ1v) is 5.28. The summed E-state index contributed by atoms with van der Waals surface area (Å²) in [5.74, 6) is -0.0666. The number of hydrogen-bond acceptors (Lipinski definition) is 2. The maximum Gasteiger partial charge on any atom is 0.212 e. The summed E-state index contributed by atoms with van der Waals surface area (Å²) in [5.41, 5.74) is 1.10. The second-order valence-electron chi connectivity index (χ2n) is 3.02. The van der Waals surface area contributed by atoms with Crippen molar-refractivity contribution in [2.75, 3.05) is 0 Å². The predicted octanol–water partition coefficient (Wildman–Crippen LogP) is 3.08. The number of aromatic nitrogens is 1. The number of nitrogens with zero attached hydrogens (tertiary/aromatic N) is 1. The van der Waals surface area contributed by atoms with Gasteiger partial charge in [-0.2, -0.15) is 0 Å². The molecule has 0 saturated carbocycles. The number of carbonyl (C=O) groups is 1. The summed E-state index contributed by atoms with van der Waals surface area (Å²) in [5, 5.41) is 0. The molecule has 0 aliphatic carbocycles. The zero-order valence-corrected chi connectivity index (χ0v) is 9.44. The fraction of sp³-hybridized carbons (Fsp3) is 0. The first-order valence-electron chi connectivity index (χ1n) is 4.49. The molecule has 2 aromatic rings. The van der Waals surface area contributed by atoms with Crippen molar-refractivity contribution in [3.05, 3.63) is 64.4 Å². The smallest absolute Gasteiger partial charge is 0.212 e. The molecule has 0 radical (unpaired) electrons. The van der Waals surface area contributed by atoms with E-state index in [1.54, 1.807) is 30.5 Å². The minimum absolute atomic E-state index is 0.0666. The van der Waals surface area contributed by atoms with Crippen molar-refractivity contribution in [2.45, 2.75) is 0 Å². The quantitative estimate of drug-likeness (QED) is 0.778. The van der Waals surface area contributed by atoms with Gasteiger partial charge in [-0.05, 0) is 24.3 Å². The lowest BCUT2D eigenvalue weighted by Crippen LogP contribution is -2.03. The van der Waals surface area contributed by atoms with Crippen LogP contribution in [0.2, 0.25) is 0 Å². The van der Waals surface area contributed by atoms with Crippen molar-refractivity contribution >= 4 is 21.7 Å². The number of rotatable bonds is 2. The molecular weight excluding hydrogens is 254 g/mol. The average Bonchev–Trinajstić information content (AvgIpc) is 2.30. The number of pyridine rings is 1. The molecule has 1 aromatic heterocycles. The summed E-state index contributed by atoms with van der Waals surface area (Å²) in [4.78, 5) is 16.0. The van der Waals surface area contributed by atoms with E-state index >= 15 is 0 Å². The molecule has 74 valence electrons. The van der Waals surface area contributed by atoms with Crippen LogP contribution in [-0.4, -0.2) is 10.8 Å². The molecule has 0 fully saturated rings. The first-order chi connectivity index (χ1) is 7.29. The summed E-state index contributed by atoms with van der Waals surface area (Å²) < 4.78 is 0.792. The van der Waals surface area contributed by atoms with Crippen LogP contribution >= 0.6 is 15.9 Å². The molecule has 1 heterocycles. The Morgan fingerprint density at radius 3 is 2.47 bits per heavy atom. The predicted molar refractivity (Wildman–Crippen MR) is 61.8 cm³/mol. The van der Waals surface area contributed by atoms with Gasteiger partial charge < -0.3 is 0 Å². The van der Waals surface area contributed by atoms with E-state index in [2.05, 4.69) is 20.9 Å². The van der Waals surface area contributed by atoms with Gasteiger partial charge in [0.25, 0.3) is 0 Å². The number of hydrogen-bond donors (Lipinski definition) is 0. The van der Waals surface area contributed by atoms with Gasteiger partial charge in [0.05, 0.1) is 0 Å². The number of benzene rings is 1. The summed E-state index contributed by atoms with van der Waals surface area (Å²) in [6.07, 6.45) is 1.62. The molecule has 0 amide bonds. The molecular formula is C12H8BrNO. The Hall–Kier alpha value is -1.48. The van der Waals surface area contributed by atoms with Gasteiger partial charge in [-0.3, -0.25) is 9.78 Å². The Morgan fingerprint density at radius 1 is 1.07 bits per heavy atom. The minimum atomic E-state index is -0.0666. The lowest BCUT2D eigenvalue weighted by Gasteiger charge is -2.01. The highest BCUT2D eigenvalue weighted by atomic mass is 79.9. The van der Waals surface area contributed by atoms with E-state index in [1.807, 2.05) is 18.2 Å². The number of halogens is 1. The van der Waals surface area contributed by atoms with E-state index in [1.165, 1.54) is 0 Å². The fourth-order valence-electron chi connectivity index (χ4n) is 1.28. The van der Waals surface area contributed by atoms with Crippen molar-refractivity contribution in [2.24, 2.45) is 0 Å². The lowest BCUT2D eigenvalue weighted by molar-refractivity contribution is 0.103. The lowest BCUT2D eigenvalue weighted by atomic mass is 10.1. The molecule has 0 bridgehead atoms. The molecule has 15 heavy (non-hydrogen) atoms. The minimum Gasteiger partial charge on any atom is -0.287 e. The van der Waals surface area contributed by atoms with E-state index in [-0.39, 0.29) is 5.78 Å². The molecule has 0 saturated heterocycles. The van der Waals surface area contributed by atoms with E-state index in [9.17, 15) is 4.79 Å². The summed E-state index contributed by atoms with van der Waals surface area (Å²) in [6, 6.07) is 12.6. The Morgan fingerprint density at radius 2 is 1.80 bits per heavy atom. The molecule has 0 atom stereocenters. The Labute approximate surface area is 96.1 Å². The number of carbonyl (C=O) groups excluding carboxylic acids is 1. The van der Waals surface area contributed by atoms with Crippen molar-refractivity contribution in [1.82, 2.24) is 4.98 Å². The van der Waals surface area contributed by atoms with Gasteiger partial charge in [-0.1, -0.05) is 34.1 Å². The molecule has 0 unspecified atom stereocenters. The van der Waals surface area contributed by atoms with Gasteiger partial charge in [0.2, 0.25) is 5.78 Å². The molecule has 2 nitrogen and oxygen atoms in total. The van der Waals surface area contributed by atoms with Crippen LogP contribution < -0.4 is 0 Å². The van der Waals surface area contributed by atoms with Crippen LogP contribution in [0.3, 0.4) is 0 Å². The highest BCUT2D eigenvalue weighted by molar-refractivity contribution is 9.10. The van der Waals surface area contributed by atoms with Gasteiger partial charge in [0.15, 0.2) is 0 Å². The zero-order chi connectivity index (χ0) is 10.7. The summed E-state index contributed by atoms with van der Waals surface area (Å²) in [6.45, 7) is 0. The Kier molecular flexibility index (Phi) is 2.92. The van der Waals surface area contributed by atoms with Crippen molar-refractivity contribution in [3.63, 3.8) is 0 Å². The summed E-state index contributed by atoms with van der Waals surface area (Å²) >= 11 is 3.35. The van der Waals surface area contributed by atoms with E-state index in [0.29, 0.717) is 11.3 Å². The summed E-state index contributed by atoms with van der Waals surface area (Å²) in [7, 11) is 0. The second kappa shape index (κ2) is 4.36. The third-order valence-corrected chi connectivity index (χ3v) is 2.71.